The first-order valence-corrected chi connectivity index (χ1v) is 34.7. The fourth-order valence-corrected chi connectivity index (χ4v) is 12.3. The molecule has 20 nitrogen and oxygen atoms in total. The SMILES string of the molecule is CC(C)Cc1ccc(-c2nc(-c3ccccc3OC(F)(F)F)no2)cc1.COc1ccccc1-c1noc(-c2ccc(CC(C)C)cc2)n1.FC(F)(F)Oc1ccccc1-c1noc(-c2ccc(C3CCCCC3)cc2)n1.O=[N+]([O-])c1cc(-c2nc(-c3ccccc3OC(F)(F)F)no2)ccc1N1CCCCC1. The number of para-hydroxylation sites is 4. The highest BCUT2D eigenvalue weighted by Crippen LogP contribution is 2.41. The zero-order valence-corrected chi connectivity index (χ0v) is 59.1. The minimum Gasteiger partial charge on any atom is -0.496 e. The second-order valence-corrected chi connectivity index (χ2v) is 26.1. The van der Waals surface area contributed by atoms with E-state index < -0.39 is 29.8 Å². The van der Waals surface area contributed by atoms with E-state index in [1.54, 1.807) is 31.4 Å². The lowest BCUT2D eigenvalue weighted by Gasteiger charge is -2.28. The van der Waals surface area contributed by atoms with Crippen LogP contribution < -0.4 is 23.8 Å². The standard InChI is InChI=1S/C21H19F3N2O2.C20H17F3N4O4.C19H17F3N2O2.C19H20N2O2/c22-21(23,24)27-18-9-5-4-8-17(18)19-25-20(28-26-19)16-12-10-15(11-13-16)14-6-2-1-3-7-14;21-20(22,23)30-17-7-3-2-6-14(17)18-24-19(31-25-18)13-8-9-15(16(12-13)27(28)29)26-10-4-1-5-11-26;1-12(2)11-13-7-9-14(10-8-13)18-23-17(24-26-18)15-5-3-4-6-16(15)25-19(20,21)22;1-13(2)12-14-8-10-15(11-9-14)19-20-18(21-23-19)16-6-4-5-7-17(16)22-3/h4-5,8-14H,1-3,6-7H2;2-3,6-9,12H,1,4-5,10-11H2;3-10,12H,11H2,1-2H3;4-11,13H,12H2,1-3H3. The van der Waals surface area contributed by atoms with Gasteiger partial charge in [0.05, 0.1) is 34.3 Å². The van der Waals surface area contributed by atoms with E-state index in [1.165, 1.54) is 109 Å². The fourth-order valence-electron chi connectivity index (χ4n) is 12.3. The molecule has 1 saturated heterocycles. The van der Waals surface area contributed by atoms with Gasteiger partial charge in [0, 0.05) is 41.4 Å². The number of hydrogen-bond acceptors (Lipinski definition) is 19. The van der Waals surface area contributed by atoms with Gasteiger partial charge >= 0.3 is 19.1 Å². The van der Waals surface area contributed by atoms with Crippen molar-refractivity contribution >= 4 is 11.4 Å². The average Bonchev–Trinajstić information content (AvgIpc) is 1.46. The van der Waals surface area contributed by atoms with Crippen molar-refractivity contribution in [3.05, 3.63) is 215 Å². The molecule has 4 aromatic heterocycles. The minimum absolute atomic E-state index is 0.0192. The molecule has 0 bridgehead atoms. The molecule has 29 heteroatoms. The first-order chi connectivity index (χ1) is 51.8. The maximum absolute atomic E-state index is 12.7. The van der Waals surface area contributed by atoms with Gasteiger partial charge in [-0.05, 0) is 176 Å². The first kappa shape index (κ1) is 77.2. The number of alkyl halides is 9. The summed E-state index contributed by atoms with van der Waals surface area (Å²) in [5.74, 6) is 2.72. The molecule has 0 atom stereocenters. The van der Waals surface area contributed by atoms with Gasteiger partial charge in [-0.3, -0.25) is 10.1 Å². The highest BCUT2D eigenvalue weighted by molar-refractivity contribution is 5.73. The molecular weight excluding hydrogens is 1420 g/mol. The number of rotatable bonds is 19. The van der Waals surface area contributed by atoms with E-state index in [1.807, 2.05) is 77.7 Å². The van der Waals surface area contributed by atoms with Crippen molar-refractivity contribution in [1.29, 1.82) is 0 Å². The Morgan fingerprint density at radius 1 is 0.435 bits per heavy atom. The van der Waals surface area contributed by atoms with Crippen LogP contribution in [0.1, 0.15) is 102 Å². The topological polar surface area (TPSA) is 239 Å². The number of halogens is 9. The van der Waals surface area contributed by atoms with Crippen LogP contribution in [0.3, 0.4) is 0 Å². The summed E-state index contributed by atoms with van der Waals surface area (Å²) < 4.78 is 152. The summed E-state index contributed by atoms with van der Waals surface area (Å²) in [6.45, 7) is 10.2. The lowest BCUT2D eigenvalue weighted by molar-refractivity contribution is -0.384. The maximum Gasteiger partial charge on any atom is 0.573 e. The molecule has 1 saturated carbocycles. The van der Waals surface area contributed by atoms with Crippen LogP contribution in [0.25, 0.3) is 91.4 Å². The summed E-state index contributed by atoms with van der Waals surface area (Å²) in [7, 11) is 1.63. The molecule has 12 aromatic rings. The molecule has 1 aliphatic carbocycles. The number of anilines is 1. The van der Waals surface area contributed by atoms with Crippen LogP contribution in [0.2, 0.25) is 0 Å². The van der Waals surface area contributed by atoms with Crippen LogP contribution in [-0.2, 0) is 12.8 Å². The molecule has 0 amide bonds. The Hall–Kier alpha value is -11.9. The first-order valence-electron chi connectivity index (χ1n) is 34.7. The van der Waals surface area contributed by atoms with Gasteiger partial charge in [-0.2, -0.15) is 19.9 Å². The van der Waals surface area contributed by atoms with Crippen molar-refractivity contribution in [3.8, 4) is 114 Å². The van der Waals surface area contributed by atoms with E-state index >= 15 is 0 Å². The molecule has 14 rings (SSSR count). The summed E-state index contributed by atoms with van der Waals surface area (Å²) in [4.78, 5) is 30.2. The van der Waals surface area contributed by atoms with Gasteiger partial charge in [-0.1, -0.05) is 153 Å². The van der Waals surface area contributed by atoms with Crippen LogP contribution in [0.15, 0.2) is 206 Å². The van der Waals surface area contributed by atoms with Gasteiger partial charge in [-0.25, -0.2) is 0 Å². The van der Waals surface area contributed by atoms with Gasteiger partial charge in [0.2, 0.25) is 23.3 Å². The molecule has 562 valence electrons. The van der Waals surface area contributed by atoms with Crippen molar-refractivity contribution in [1.82, 2.24) is 40.6 Å². The lowest BCUT2D eigenvalue weighted by atomic mass is 9.84. The zero-order chi connectivity index (χ0) is 76.5. The van der Waals surface area contributed by atoms with Gasteiger partial charge in [-0.15, -0.1) is 39.5 Å². The van der Waals surface area contributed by atoms with E-state index in [-0.39, 0.29) is 69.0 Å². The number of ether oxygens (including phenoxy) is 4. The van der Waals surface area contributed by atoms with E-state index in [0.717, 1.165) is 73.7 Å². The predicted octanol–water partition coefficient (Wildman–Crippen LogP) is 21.7. The van der Waals surface area contributed by atoms with Crippen LogP contribution in [0.4, 0.5) is 50.9 Å². The van der Waals surface area contributed by atoms with Crippen LogP contribution in [0.5, 0.6) is 23.0 Å². The zero-order valence-electron chi connectivity index (χ0n) is 59.1. The predicted molar refractivity (Wildman–Crippen MR) is 383 cm³/mol. The number of piperidine rings is 1. The Balaban J connectivity index is 0.000000144. The maximum atomic E-state index is 12.7. The molecule has 0 spiro atoms. The molecule has 108 heavy (non-hydrogen) atoms. The molecule has 8 aromatic carbocycles. The Bertz CT molecular complexity index is 4890. The number of nitro benzene ring substituents is 1. The fraction of sp³-hybridized carbons (Fsp3) is 0.291. The molecule has 1 aliphatic heterocycles. The van der Waals surface area contributed by atoms with Crippen LogP contribution in [0, 0.1) is 22.0 Å². The van der Waals surface area contributed by atoms with Crippen molar-refractivity contribution in [2.24, 2.45) is 11.8 Å². The Morgan fingerprint density at radius 3 is 1.11 bits per heavy atom. The van der Waals surface area contributed by atoms with E-state index in [9.17, 15) is 49.6 Å². The second-order valence-electron chi connectivity index (χ2n) is 26.1. The number of hydrogen-bond donors (Lipinski definition) is 0. The molecule has 2 fully saturated rings. The normalized spacial score (nSPS) is 13.4. The third kappa shape index (κ3) is 21.2. The summed E-state index contributed by atoms with van der Waals surface area (Å²) in [6, 6.07) is 52.9. The van der Waals surface area contributed by atoms with E-state index in [4.69, 9.17) is 22.8 Å². The molecular formula is C79H73F9N10O10. The van der Waals surface area contributed by atoms with Crippen molar-refractivity contribution in [2.75, 3.05) is 25.1 Å². The Kier molecular flexibility index (Phi) is 25.0. The third-order valence-corrected chi connectivity index (χ3v) is 17.2. The Labute approximate surface area is 614 Å². The quantitative estimate of drug-likeness (QED) is 0.0415. The van der Waals surface area contributed by atoms with E-state index in [0.29, 0.717) is 46.3 Å². The highest BCUT2D eigenvalue weighted by atomic mass is 19.4. The smallest absolute Gasteiger partial charge is 0.496 e. The van der Waals surface area contributed by atoms with E-state index in [2.05, 4.69) is 107 Å². The summed E-state index contributed by atoms with van der Waals surface area (Å²) in [5.41, 5.74) is 7.88. The molecule has 0 unspecified atom stereocenters. The summed E-state index contributed by atoms with van der Waals surface area (Å²) in [6.07, 6.45) is -3.19. The van der Waals surface area contributed by atoms with Gasteiger partial charge in [0.25, 0.3) is 29.3 Å². The highest BCUT2D eigenvalue weighted by Gasteiger charge is 2.36. The molecule has 0 radical (unpaired) electrons. The second kappa shape index (κ2) is 35.0. The number of methoxy groups -OCH3 is 1. The van der Waals surface area contributed by atoms with Gasteiger partial charge in [0.15, 0.2) is 0 Å². The largest absolute Gasteiger partial charge is 0.573 e. The summed E-state index contributed by atoms with van der Waals surface area (Å²) >= 11 is 0. The lowest BCUT2D eigenvalue weighted by Crippen LogP contribution is -2.29. The number of nitrogens with zero attached hydrogens (tertiary/aromatic N) is 10. The third-order valence-electron chi connectivity index (χ3n) is 17.2. The van der Waals surface area contributed by atoms with Crippen LogP contribution in [-0.4, -0.2) is 84.8 Å². The monoisotopic (exact) mass is 1490 g/mol. The molecule has 0 N–H and O–H groups in total. The minimum atomic E-state index is -4.88. The average molecular weight is 1490 g/mol. The van der Waals surface area contributed by atoms with Gasteiger partial charge < -0.3 is 41.9 Å². The van der Waals surface area contributed by atoms with Crippen LogP contribution >= 0.6 is 0 Å². The Morgan fingerprint density at radius 2 is 0.759 bits per heavy atom. The van der Waals surface area contributed by atoms with Crippen molar-refractivity contribution < 1.29 is 81.5 Å². The molecule has 5 heterocycles. The number of aromatic nitrogens is 8. The van der Waals surface area contributed by atoms with Crippen molar-refractivity contribution in [3.63, 3.8) is 0 Å². The van der Waals surface area contributed by atoms with Crippen molar-refractivity contribution in [2.45, 2.75) is 117 Å². The number of benzene rings is 8. The van der Waals surface area contributed by atoms with Gasteiger partial charge in [0.1, 0.15) is 28.7 Å². The molecule has 2 aliphatic rings. The number of nitro groups is 1. The summed E-state index contributed by atoms with van der Waals surface area (Å²) in [5, 5.41) is 27.1.